The first-order chi connectivity index (χ1) is 16.2. The van der Waals surface area contributed by atoms with Gasteiger partial charge in [-0.15, -0.1) is 0 Å². The van der Waals surface area contributed by atoms with Crippen LogP contribution in [-0.4, -0.2) is 89.3 Å². The van der Waals surface area contributed by atoms with Crippen LogP contribution in [0.2, 0.25) is 0 Å². The summed E-state index contributed by atoms with van der Waals surface area (Å²) in [6, 6.07) is 6.96. The van der Waals surface area contributed by atoms with Gasteiger partial charge in [0, 0.05) is 18.6 Å². The highest BCUT2D eigenvalue weighted by atomic mass is 16.5. The van der Waals surface area contributed by atoms with E-state index in [4.69, 9.17) is 10.5 Å². The molecule has 4 N–H and O–H groups in total. The minimum atomic E-state index is -1.51. The first-order valence-electron chi connectivity index (χ1n) is 10.4. The molecule has 1 aliphatic rings. The van der Waals surface area contributed by atoms with Crippen LogP contribution >= 0.6 is 0 Å². The molecule has 2 rings (SSSR count). The van der Waals surface area contributed by atoms with Gasteiger partial charge in [0.15, 0.2) is 0 Å². The molecule has 34 heavy (non-hydrogen) atoms. The van der Waals surface area contributed by atoms with Crippen molar-refractivity contribution >= 4 is 35.5 Å². The number of nitrogens with one attached hydrogen (secondary N) is 1. The number of imide groups is 2. The number of rotatable bonds is 13. The number of aliphatic carboxylic acids is 1. The van der Waals surface area contributed by atoms with Gasteiger partial charge >= 0.3 is 5.97 Å². The summed E-state index contributed by atoms with van der Waals surface area (Å²) in [7, 11) is 0. The van der Waals surface area contributed by atoms with Crippen molar-refractivity contribution in [2.75, 3.05) is 32.8 Å². The minimum absolute atomic E-state index is 0.0155. The van der Waals surface area contributed by atoms with E-state index >= 15 is 0 Å². The lowest BCUT2D eigenvalue weighted by Gasteiger charge is -2.27. The Hall–Kier alpha value is -3.90. The zero-order valence-corrected chi connectivity index (χ0v) is 18.3. The largest absolute Gasteiger partial charge is 0.480 e. The number of nitrogens with two attached hydrogens (primary N) is 1. The predicted octanol–water partition coefficient (Wildman–Crippen LogP) is -1.56. The molecule has 1 atom stereocenters. The van der Waals surface area contributed by atoms with Crippen LogP contribution in [0.15, 0.2) is 42.5 Å². The van der Waals surface area contributed by atoms with Gasteiger partial charge in [0.2, 0.25) is 17.7 Å². The molecule has 0 fully saturated rings. The van der Waals surface area contributed by atoms with Gasteiger partial charge in [0.1, 0.15) is 6.04 Å². The Balaban J connectivity index is 2.02. The summed E-state index contributed by atoms with van der Waals surface area (Å²) in [6.45, 7) is -1.22. The second kappa shape index (κ2) is 13.0. The molecule has 0 aromatic heterocycles. The van der Waals surface area contributed by atoms with Gasteiger partial charge in [-0.1, -0.05) is 30.3 Å². The molecule has 0 unspecified atom stereocenters. The average molecular weight is 474 g/mol. The molecular formula is C22H26N4O8. The SMILES string of the molecule is NCC(=O)NCC(=O)N(C(=O)CCOCCN1C(=O)C=CC1=O)[C@@H](Cc1ccccc1)C(=O)O. The van der Waals surface area contributed by atoms with Gasteiger partial charge in [0.25, 0.3) is 11.8 Å². The number of carbonyl (C=O) groups excluding carboxylic acids is 5. The van der Waals surface area contributed by atoms with E-state index in [0.717, 1.165) is 17.1 Å². The lowest BCUT2D eigenvalue weighted by molar-refractivity contribution is -0.158. The zero-order chi connectivity index (χ0) is 25.1. The number of ether oxygens (including phenoxy) is 1. The first-order valence-corrected chi connectivity index (χ1v) is 10.4. The summed E-state index contributed by atoms with van der Waals surface area (Å²) in [5, 5.41) is 12.0. The Morgan fingerprint density at radius 2 is 1.68 bits per heavy atom. The number of hydrogen-bond acceptors (Lipinski definition) is 8. The number of carboxylic acid groups (broad SMARTS) is 1. The molecule has 1 heterocycles. The van der Waals surface area contributed by atoms with Crippen molar-refractivity contribution in [2.45, 2.75) is 18.9 Å². The van der Waals surface area contributed by atoms with E-state index < -0.39 is 48.1 Å². The highest BCUT2D eigenvalue weighted by Gasteiger charge is 2.34. The highest BCUT2D eigenvalue weighted by Crippen LogP contribution is 2.12. The third kappa shape index (κ3) is 7.60. The average Bonchev–Trinajstić information content (AvgIpc) is 3.14. The molecule has 0 bridgehead atoms. The van der Waals surface area contributed by atoms with Crippen molar-refractivity contribution in [1.29, 1.82) is 0 Å². The van der Waals surface area contributed by atoms with Crippen LogP contribution in [-0.2, 0) is 39.9 Å². The van der Waals surface area contributed by atoms with E-state index in [2.05, 4.69) is 5.32 Å². The van der Waals surface area contributed by atoms with Crippen LogP contribution in [0.25, 0.3) is 0 Å². The van der Waals surface area contributed by atoms with Gasteiger partial charge < -0.3 is 20.9 Å². The Morgan fingerprint density at radius 3 is 2.26 bits per heavy atom. The Kier molecular flexibility index (Phi) is 10.0. The molecule has 5 amide bonds. The Morgan fingerprint density at radius 1 is 1.03 bits per heavy atom. The van der Waals surface area contributed by atoms with Crippen molar-refractivity contribution in [3.05, 3.63) is 48.0 Å². The second-order valence-corrected chi connectivity index (χ2v) is 7.21. The summed E-state index contributed by atoms with van der Waals surface area (Å²) < 4.78 is 5.30. The molecule has 12 heteroatoms. The zero-order valence-electron chi connectivity index (χ0n) is 18.3. The number of carbonyl (C=O) groups is 6. The standard InChI is InChI=1S/C22H26N4O8/c23-13-17(27)24-14-21(31)26(16(22(32)33)12-15-4-2-1-3-5-15)20(30)8-10-34-11-9-25-18(28)6-7-19(25)29/h1-7,16H,8-14,23H2,(H,24,27)(H,32,33)/t16-/m0/s1. The fourth-order valence-electron chi connectivity index (χ4n) is 3.13. The maximum Gasteiger partial charge on any atom is 0.327 e. The summed E-state index contributed by atoms with van der Waals surface area (Å²) >= 11 is 0. The number of nitrogens with zero attached hydrogens (tertiary/aromatic N) is 2. The molecule has 0 spiro atoms. The lowest BCUT2D eigenvalue weighted by atomic mass is 10.0. The third-order valence-electron chi connectivity index (χ3n) is 4.85. The van der Waals surface area contributed by atoms with Gasteiger partial charge in [-0.25, -0.2) is 4.79 Å². The molecule has 182 valence electrons. The normalized spacial score (nSPS) is 13.6. The van der Waals surface area contributed by atoms with E-state index in [-0.39, 0.29) is 39.1 Å². The quantitative estimate of drug-likeness (QED) is 0.225. The fourth-order valence-corrected chi connectivity index (χ4v) is 3.13. The maximum atomic E-state index is 12.9. The molecule has 1 aliphatic heterocycles. The summed E-state index contributed by atoms with van der Waals surface area (Å²) in [4.78, 5) is 73.6. The lowest BCUT2D eigenvalue weighted by Crippen LogP contribution is -2.53. The van der Waals surface area contributed by atoms with Crippen molar-refractivity contribution in [3.8, 4) is 0 Å². The Bertz CT molecular complexity index is 945. The van der Waals surface area contributed by atoms with Crippen molar-refractivity contribution in [3.63, 3.8) is 0 Å². The number of amides is 5. The van der Waals surface area contributed by atoms with E-state index in [1.807, 2.05) is 0 Å². The van der Waals surface area contributed by atoms with E-state index in [0.29, 0.717) is 10.5 Å². The summed E-state index contributed by atoms with van der Waals surface area (Å²) in [6.07, 6.45) is 1.80. The summed E-state index contributed by atoms with van der Waals surface area (Å²) in [5.74, 6) is -4.69. The van der Waals surface area contributed by atoms with Crippen LogP contribution in [0.3, 0.4) is 0 Å². The van der Waals surface area contributed by atoms with E-state index in [1.54, 1.807) is 30.3 Å². The molecule has 0 radical (unpaired) electrons. The number of carboxylic acids is 1. The molecule has 1 aromatic rings. The first kappa shape index (κ1) is 26.4. The van der Waals surface area contributed by atoms with E-state index in [9.17, 15) is 33.9 Å². The topological polar surface area (TPSA) is 176 Å². The number of hydrogen-bond donors (Lipinski definition) is 3. The van der Waals surface area contributed by atoms with Crippen LogP contribution in [0, 0.1) is 0 Å². The molecular weight excluding hydrogens is 448 g/mol. The van der Waals surface area contributed by atoms with Crippen molar-refractivity contribution in [1.82, 2.24) is 15.1 Å². The molecule has 0 aliphatic carbocycles. The second-order valence-electron chi connectivity index (χ2n) is 7.21. The van der Waals surface area contributed by atoms with Crippen LogP contribution in [0.5, 0.6) is 0 Å². The van der Waals surface area contributed by atoms with Gasteiger partial charge in [0.05, 0.1) is 39.3 Å². The third-order valence-corrected chi connectivity index (χ3v) is 4.85. The Labute approximate surface area is 195 Å². The van der Waals surface area contributed by atoms with Crippen molar-refractivity contribution < 1.29 is 38.6 Å². The van der Waals surface area contributed by atoms with Crippen LogP contribution < -0.4 is 11.1 Å². The molecule has 1 aromatic carbocycles. The predicted molar refractivity (Wildman–Crippen MR) is 117 cm³/mol. The monoisotopic (exact) mass is 474 g/mol. The summed E-state index contributed by atoms with van der Waals surface area (Å²) in [5.41, 5.74) is 5.79. The molecule has 12 nitrogen and oxygen atoms in total. The van der Waals surface area contributed by atoms with Gasteiger partial charge in [-0.05, 0) is 5.56 Å². The smallest absolute Gasteiger partial charge is 0.327 e. The van der Waals surface area contributed by atoms with Gasteiger partial charge in [-0.2, -0.15) is 0 Å². The number of benzene rings is 1. The van der Waals surface area contributed by atoms with Crippen LogP contribution in [0.1, 0.15) is 12.0 Å². The van der Waals surface area contributed by atoms with Crippen LogP contribution in [0.4, 0.5) is 0 Å². The molecule has 0 saturated heterocycles. The van der Waals surface area contributed by atoms with Crippen molar-refractivity contribution in [2.24, 2.45) is 5.73 Å². The minimum Gasteiger partial charge on any atom is -0.480 e. The van der Waals surface area contributed by atoms with E-state index in [1.165, 1.54) is 0 Å². The molecule has 0 saturated carbocycles. The van der Waals surface area contributed by atoms with Gasteiger partial charge in [-0.3, -0.25) is 33.8 Å². The fraction of sp³-hybridized carbons (Fsp3) is 0.364. The maximum absolute atomic E-state index is 12.9. The highest BCUT2D eigenvalue weighted by molar-refractivity contribution is 6.12.